The van der Waals surface area contributed by atoms with Crippen molar-refractivity contribution in [2.75, 3.05) is 11.9 Å². The number of amides is 1. The van der Waals surface area contributed by atoms with Gasteiger partial charge in [0.25, 0.3) is 0 Å². The molecule has 1 heterocycles. The number of ether oxygens (including phenoxy) is 1. The fraction of sp³-hybridized carbons (Fsp3) is 0.143. The molecule has 4 nitrogen and oxygen atoms in total. The highest BCUT2D eigenvalue weighted by Crippen LogP contribution is 2.28. The highest BCUT2D eigenvalue weighted by Gasteiger charge is 2.08. The van der Waals surface area contributed by atoms with Crippen LogP contribution in [-0.4, -0.2) is 17.5 Å². The van der Waals surface area contributed by atoms with Gasteiger partial charge in [-0.25, -0.2) is 4.98 Å². The lowest BCUT2D eigenvalue weighted by molar-refractivity contribution is -0.111. The monoisotopic (exact) mass is 454 g/mol. The van der Waals surface area contributed by atoms with Crippen LogP contribution in [0.4, 0.5) is 5.13 Å². The molecule has 4 rings (SSSR count). The molecule has 0 aliphatic rings. The first-order valence-electron chi connectivity index (χ1n) is 11.0. The number of aromatic nitrogens is 1. The smallest absolute Gasteiger partial charge is 0.250 e. The van der Waals surface area contributed by atoms with Crippen LogP contribution < -0.4 is 10.1 Å². The molecule has 0 saturated heterocycles. The molecule has 5 heteroatoms. The number of hydrogen-bond donors (Lipinski definition) is 1. The van der Waals surface area contributed by atoms with Crippen molar-refractivity contribution < 1.29 is 9.53 Å². The Morgan fingerprint density at radius 2 is 1.64 bits per heavy atom. The van der Waals surface area contributed by atoms with Gasteiger partial charge in [-0.1, -0.05) is 86.1 Å². The molecule has 0 aliphatic carbocycles. The lowest BCUT2D eigenvalue weighted by Crippen LogP contribution is -2.07. The van der Waals surface area contributed by atoms with Gasteiger partial charge in [0.2, 0.25) is 5.91 Å². The maximum Gasteiger partial charge on any atom is 0.250 e. The van der Waals surface area contributed by atoms with Gasteiger partial charge >= 0.3 is 0 Å². The van der Waals surface area contributed by atoms with Crippen LogP contribution in [0, 0.1) is 0 Å². The summed E-state index contributed by atoms with van der Waals surface area (Å²) in [5, 5.41) is 5.37. The molecule has 3 aromatic carbocycles. The molecular formula is C28H26N2O2S. The minimum atomic E-state index is -0.223. The molecule has 0 bridgehead atoms. The van der Waals surface area contributed by atoms with E-state index in [0.29, 0.717) is 11.7 Å². The summed E-state index contributed by atoms with van der Waals surface area (Å²) in [5.41, 5.74) is 5.07. The van der Waals surface area contributed by atoms with Crippen LogP contribution in [0.2, 0.25) is 0 Å². The number of hydrogen-bond acceptors (Lipinski definition) is 4. The Bertz CT molecular complexity index is 1210. The highest BCUT2D eigenvalue weighted by atomic mass is 32.1. The first kappa shape index (κ1) is 22.5. The number of nitrogens with one attached hydrogen (secondary N) is 1. The van der Waals surface area contributed by atoms with E-state index in [1.165, 1.54) is 23.0 Å². The summed E-state index contributed by atoms with van der Waals surface area (Å²) < 4.78 is 5.82. The summed E-state index contributed by atoms with van der Waals surface area (Å²) in [5.74, 6) is 0.559. The molecule has 1 amide bonds. The molecule has 0 fully saturated rings. The van der Waals surface area contributed by atoms with Crippen LogP contribution in [0.3, 0.4) is 0 Å². The van der Waals surface area contributed by atoms with Crippen molar-refractivity contribution in [3.05, 3.63) is 95.9 Å². The molecule has 166 valence electrons. The van der Waals surface area contributed by atoms with Gasteiger partial charge in [0.05, 0.1) is 12.3 Å². The maximum absolute atomic E-state index is 12.4. The van der Waals surface area contributed by atoms with Gasteiger partial charge in [0.15, 0.2) is 5.13 Å². The largest absolute Gasteiger partial charge is 0.493 e. The summed E-state index contributed by atoms with van der Waals surface area (Å²) in [7, 11) is 0. The van der Waals surface area contributed by atoms with Crippen molar-refractivity contribution in [2.24, 2.45) is 0 Å². The molecule has 1 N–H and O–H groups in total. The van der Waals surface area contributed by atoms with Crippen molar-refractivity contribution in [3.63, 3.8) is 0 Å². The number of unbranched alkanes of at least 4 members (excludes halogenated alkanes) is 1. The van der Waals surface area contributed by atoms with E-state index in [0.717, 1.165) is 41.0 Å². The number of anilines is 1. The van der Waals surface area contributed by atoms with Crippen LogP contribution in [0.5, 0.6) is 5.75 Å². The van der Waals surface area contributed by atoms with Crippen molar-refractivity contribution in [1.82, 2.24) is 4.98 Å². The summed E-state index contributed by atoms with van der Waals surface area (Å²) in [4.78, 5) is 17.0. The maximum atomic E-state index is 12.4. The standard InChI is InChI=1S/C28H26N2O2S/c1-2-3-19-32-26-12-8-7-11-24(26)17-18-27(31)30-28-29-25(20-33-28)23-15-13-22(14-16-23)21-9-5-4-6-10-21/h4-18,20H,2-3,19H2,1H3,(H,29,30,31). The van der Waals surface area contributed by atoms with Crippen molar-refractivity contribution in [2.45, 2.75) is 19.8 Å². The molecule has 33 heavy (non-hydrogen) atoms. The first-order chi connectivity index (χ1) is 16.2. The normalized spacial score (nSPS) is 10.9. The van der Waals surface area contributed by atoms with Crippen LogP contribution in [0.15, 0.2) is 90.3 Å². The lowest BCUT2D eigenvalue weighted by Gasteiger charge is -2.08. The van der Waals surface area contributed by atoms with Gasteiger partial charge in [0, 0.05) is 22.6 Å². The van der Waals surface area contributed by atoms with Gasteiger partial charge < -0.3 is 4.74 Å². The fourth-order valence-electron chi connectivity index (χ4n) is 3.32. The minimum Gasteiger partial charge on any atom is -0.493 e. The first-order valence-corrected chi connectivity index (χ1v) is 11.9. The third-order valence-electron chi connectivity index (χ3n) is 5.11. The predicted molar refractivity (Wildman–Crippen MR) is 137 cm³/mol. The number of thiazole rings is 1. The van der Waals surface area contributed by atoms with Gasteiger partial charge in [-0.05, 0) is 29.7 Å². The fourth-order valence-corrected chi connectivity index (χ4v) is 4.04. The lowest BCUT2D eigenvalue weighted by atomic mass is 10.0. The second-order valence-corrected chi connectivity index (χ2v) is 8.40. The van der Waals surface area contributed by atoms with E-state index in [-0.39, 0.29) is 5.91 Å². The Hall–Kier alpha value is -3.70. The molecule has 0 unspecified atom stereocenters. The van der Waals surface area contributed by atoms with Crippen LogP contribution in [0.25, 0.3) is 28.5 Å². The molecule has 1 aromatic heterocycles. The van der Waals surface area contributed by atoms with Gasteiger partial charge in [-0.15, -0.1) is 11.3 Å². The molecule has 0 radical (unpaired) electrons. The Morgan fingerprint density at radius 1 is 0.939 bits per heavy atom. The number of nitrogens with zero attached hydrogens (tertiary/aromatic N) is 1. The number of carbonyl (C=O) groups is 1. The summed E-state index contributed by atoms with van der Waals surface area (Å²) in [6, 6.07) is 26.3. The number of para-hydroxylation sites is 1. The van der Waals surface area contributed by atoms with Crippen molar-refractivity contribution >= 4 is 28.5 Å². The SMILES string of the molecule is CCCCOc1ccccc1C=CC(=O)Nc1nc(-c2ccc(-c3ccccc3)cc2)cs1. The second kappa shape index (κ2) is 11.2. The van der Waals surface area contributed by atoms with E-state index in [1.807, 2.05) is 47.8 Å². The number of benzene rings is 3. The average molecular weight is 455 g/mol. The third kappa shape index (κ3) is 6.18. The molecule has 0 saturated carbocycles. The average Bonchev–Trinajstić information content (AvgIpc) is 3.32. The predicted octanol–water partition coefficient (Wildman–Crippen LogP) is 7.31. The van der Waals surface area contributed by atoms with E-state index >= 15 is 0 Å². The molecule has 0 aliphatic heterocycles. The third-order valence-corrected chi connectivity index (χ3v) is 5.87. The summed E-state index contributed by atoms with van der Waals surface area (Å²) in [6.45, 7) is 2.80. The summed E-state index contributed by atoms with van der Waals surface area (Å²) in [6.07, 6.45) is 5.36. The van der Waals surface area contributed by atoms with E-state index in [1.54, 1.807) is 6.08 Å². The van der Waals surface area contributed by atoms with Crippen molar-refractivity contribution in [1.29, 1.82) is 0 Å². The second-order valence-electron chi connectivity index (χ2n) is 7.54. The van der Waals surface area contributed by atoms with Crippen LogP contribution in [0.1, 0.15) is 25.3 Å². The Balaban J connectivity index is 1.38. The Morgan fingerprint density at radius 3 is 2.42 bits per heavy atom. The van der Waals surface area contributed by atoms with Gasteiger partial charge in [-0.2, -0.15) is 0 Å². The molecule has 0 spiro atoms. The van der Waals surface area contributed by atoms with Gasteiger partial charge in [-0.3, -0.25) is 10.1 Å². The Labute approximate surface area is 198 Å². The topological polar surface area (TPSA) is 51.2 Å². The van der Waals surface area contributed by atoms with Gasteiger partial charge in [0.1, 0.15) is 5.75 Å². The van der Waals surface area contributed by atoms with E-state index in [2.05, 4.69) is 53.6 Å². The minimum absolute atomic E-state index is 0.223. The number of carbonyl (C=O) groups excluding carboxylic acids is 1. The zero-order valence-corrected chi connectivity index (χ0v) is 19.3. The molecule has 0 atom stereocenters. The molecular weight excluding hydrogens is 428 g/mol. The summed E-state index contributed by atoms with van der Waals surface area (Å²) >= 11 is 1.41. The quantitative estimate of drug-likeness (QED) is 0.213. The van der Waals surface area contributed by atoms with E-state index in [9.17, 15) is 4.79 Å². The van der Waals surface area contributed by atoms with Crippen LogP contribution >= 0.6 is 11.3 Å². The van der Waals surface area contributed by atoms with Crippen LogP contribution in [-0.2, 0) is 4.79 Å². The zero-order chi connectivity index (χ0) is 22.9. The Kier molecular flexibility index (Phi) is 7.67. The highest BCUT2D eigenvalue weighted by molar-refractivity contribution is 7.14. The zero-order valence-electron chi connectivity index (χ0n) is 18.5. The van der Waals surface area contributed by atoms with E-state index in [4.69, 9.17) is 4.74 Å². The molecule has 4 aromatic rings. The van der Waals surface area contributed by atoms with E-state index < -0.39 is 0 Å². The van der Waals surface area contributed by atoms with Crippen molar-refractivity contribution in [3.8, 4) is 28.1 Å². The number of rotatable bonds is 9.